The van der Waals surface area contributed by atoms with Gasteiger partial charge in [-0.1, -0.05) is 6.07 Å². The van der Waals surface area contributed by atoms with Crippen molar-refractivity contribution < 1.29 is 0 Å². The molecule has 3 rings (SSSR count). The highest BCUT2D eigenvalue weighted by molar-refractivity contribution is 5.80. The van der Waals surface area contributed by atoms with E-state index in [4.69, 9.17) is 5.73 Å². The summed E-state index contributed by atoms with van der Waals surface area (Å²) in [6.45, 7) is 0.543. The van der Waals surface area contributed by atoms with Crippen LogP contribution < -0.4 is 10.6 Å². The minimum atomic E-state index is 0.543. The second-order valence-electron chi connectivity index (χ2n) is 5.08. The molecule has 0 aliphatic heterocycles. The summed E-state index contributed by atoms with van der Waals surface area (Å²) in [4.78, 5) is 10.1. The molecule has 0 atom stereocenters. The van der Waals surface area contributed by atoms with Crippen molar-refractivity contribution in [3.63, 3.8) is 0 Å². The fourth-order valence-electron chi connectivity index (χ4n) is 2.24. The third kappa shape index (κ3) is 2.26. The normalized spacial score (nSPS) is 10.9. The lowest BCUT2D eigenvalue weighted by Crippen LogP contribution is -2.07. The van der Waals surface area contributed by atoms with Crippen LogP contribution in [0.4, 0.5) is 5.69 Å². The molecule has 0 aliphatic rings. The minimum absolute atomic E-state index is 0.543. The van der Waals surface area contributed by atoms with Crippen molar-refractivity contribution in [1.82, 2.24) is 9.97 Å². The Morgan fingerprint density at radius 2 is 1.85 bits per heavy atom. The van der Waals surface area contributed by atoms with Gasteiger partial charge in [0.1, 0.15) is 5.82 Å². The van der Waals surface area contributed by atoms with E-state index < -0.39 is 0 Å². The van der Waals surface area contributed by atoms with E-state index in [-0.39, 0.29) is 0 Å². The van der Waals surface area contributed by atoms with Gasteiger partial charge in [-0.25, -0.2) is 4.98 Å². The highest BCUT2D eigenvalue weighted by Crippen LogP contribution is 2.23. The summed E-state index contributed by atoms with van der Waals surface area (Å²) in [5.74, 6) is 0.888. The lowest BCUT2D eigenvalue weighted by molar-refractivity contribution is 1.07. The van der Waals surface area contributed by atoms with E-state index >= 15 is 0 Å². The predicted octanol–water partition coefficient (Wildman–Crippen LogP) is 2.75. The Kier molecular flexibility index (Phi) is 3.16. The largest absolute Gasteiger partial charge is 0.378 e. The quantitative estimate of drug-likeness (QED) is 0.766. The molecule has 0 fully saturated rings. The maximum atomic E-state index is 5.66. The van der Waals surface area contributed by atoms with Gasteiger partial charge in [0.05, 0.1) is 11.0 Å². The first kappa shape index (κ1) is 12.7. The molecule has 0 saturated heterocycles. The third-order valence-electron chi connectivity index (χ3n) is 3.44. The molecule has 0 bridgehead atoms. The first-order valence-corrected chi connectivity index (χ1v) is 6.64. The van der Waals surface area contributed by atoms with Crippen molar-refractivity contribution in [3.8, 4) is 11.4 Å². The number of hydrogen-bond donors (Lipinski definition) is 2. The zero-order chi connectivity index (χ0) is 14.1. The van der Waals surface area contributed by atoms with E-state index in [0.29, 0.717) is 6.54 Å². The monoisotopic (exact) mass is 266 g/mol. The molecule has 4 heteroatoms. The lowest BCUT2D eigenvalue weighted by atomic mass is 10.2. The molecule has 0 unspecified atom stereocenters. The molecule has 3 N–H and O–H groups in total. The molecule has 0 radical (unpaired) electrons. The maximum absolute atomic E-state index is 5.66. The number of anilines is 1. The number of aromatic nitrogens is 2. The van der Waals surface area contributed by atoms with Crippen LogP contribution in [0.2, 0.25) is 0 Å². The lowest BCUT2D eigenvalue weighted by Gasteiger charge is -2.11. The molecule has 0 saturated carbocycles. The molecule has 0 aliphatic carbocycles. The van der Waals surface area contributed by atoms with Gasteiger partial charge in [-0.15, -0.1) is 0 Å². The average Bonchev–Trinajstić information content (AvgIpc) is 2.90. The summed E-state index contributed by atoms with van der Waals surface area (Å²) in [6.07, 6.45) is 0. The number of rotatable bonds is 3. The Balaban J connectivity index is 2.01. The second-order valence-corrected chi connectivity index (χ2v) is 5.08. The number of aromatic amines is 1. The first-order valence-electron chi connectivity index (χ1n) is 6.64. The number of benzene rings is 2. The molecule has 3 aromatic rings. The summed E-state index contributed by atoms with van der Waals surface area (Å²) < 4.78 is 0. The van der Waals surface area contributed by atoms with E-state index in [0.717, 1.165) is 28.0 Å². The van der Waals surface area contributed by atoms with Gasteiger partial charge in [0.2, 0.25) is 0 Å². The van der Waals surface area contributed by atoms with Crippen LogP contribution in [0.3, 0.4) is 0 Å². The van der Waals surface area contributed by atoms with Crippen LogP contribution >= 0.6 is 0 Å². The molecule has 4 nitrogen and oxygen atoms in total. The number of H-pyrrole nitrogens is 1. The van der Waals surface area contributed by atoms with Crippen LogP contribution in [-0.4, -0.2) is 24.1 Å². The van der Waals surface area contributed by atoms with E-state index in [1.807, 2.05) is 26.2 Å². The highest BCUT2D eigenvalue weighted by atomic mass is 15.1. The fourth-order valence-corrected chi connectivity index (χ4v) is 2.24. The van der Waals surface area contributed by atoms with Crippen molar-refractivity contribution in [2.45, 2.75) is 6.54 Å². The van der Waals surface area contributed by atoms with Crippen LogP contribution in [0, 0.1) is 0 Å². The molecule has 0 spiro atoms. The van der Waals surface area contributed by atoms with Crippen LogP contribution in [0.25, 0.3) is 22.4 Å². The fraction of sp³-hybridized carbons (Fsp3) is 0.188. The number of nitrogens with one attached hydrogen (secondary N) is 1. The van der Waals surface area contributed by atoms with Gasteiger partial charge in [-0.2, -0.15) is 0 Å². The number of hydrogen-bond acceptors (Lipinski definition) is 3. The van der Waals surface area contributed by atoms with Gasteiger partial charge in [0.25, 0.3) is 0 Å². The molecular formula is C16H18N4. The molecule has 0 amide bonds. The van der Waals surface area contributed by atoms with Gasteiger partial charge in [-0.3, -0.25) is 0 Å². The molecule has 1 aromatic heterocycles. The summed E-state index contributed by atoms with van der Waals surface area (Å²) in [7, 11) is 4.06. The third-order valence-corrected chi connectivity index (χ3v) is 3.44. The SMILES string of the molecule is CN(C)c1ccc(-c2nc3ccc(CN)cc3[nH]2)cc1. The molecule has 2 aromatic carbocycles. The zero-order valence-corrected chi connectivity index (χ0v) is 11.7. The van der Waals surface area contributed by atoms with E-state index in [9.17, 15) is 0 Å². The van der Waals surface area contributed by atoms with Gasteiger partial charge >= 0.3 is 0 Å². The minimum Gasteiger partial charge on any atom is -0.378 e. The molecular weight excluding hydrogens is 248 g/mol. The first-order chi connectivity index (χ1) is 9.67. The molecule has 1 heterocycles. The van der Waals surface area contributed by atoms with Crippen molar-refractivity contribution >= 4 is 16.7 Å². The molecule has 20 heavy (non-hydrogen) atoms. The summed E-state index contributed by atoms with van der Waals surface area (Å²) in [5, 5.41) is 0. The van der Waals surface area contributed by atoms with Gasteiger partial charge < -0.3 is 15.6 Å². The van der Waals surface area contributed by atoms with Crippen LogP contribution in [0.15, 0.2) is 42.5 Å². The van der Waals surface area contributed by atoms with Gasteiger partial charge in [0, 0.05) is 31.9 Å². The Morgan fingerprint density at radius 1 is 1.10 bits per heavy atom. The summed E-state index contributed by atoms with van der Waals surface area (Å²) in [6, 6.07) is 14.4. The second kappa shape index (κ2) is 4.98. The topological polar surface area (TPSA) is 57.9 Å². The van der Waals surface area contributed by atoms with E-state index in [1.54, 1.807) is 0 Å². The highest BCUT2D eigenvalue weighted by Gasteiger charge is 2.06. The number of imidazole rings is 1. The Labute approximate surface area is 118 Å². The predicted molar refractivity (Wildman–Crippen MR) is 83.7 cm³/mol. The van der Waals surface area contributed by atoms with Crippen LogP contribution in [0.1, 0.15) is 5.56 Å². The van der Waals surface area contributed by atoms with Crippen molar-refractivity contribution in [3.05, 3.63) is 48.0 Å². The average molecular weight is 266 g/mol. The Hall–Kier alpha value is -2.33. The zero-order valence-electron chi connectivity index (χ0n) is 11.7. The van der Waals surface area contributed by atoms with E-state index in [2.05, 4.69) is 45.2 Å². The number of nitrogens with zero attached hydrogens (tertiary/aromatic N) is 2. The van der Waals surface area contributed by atoms with Crippen molar-refractivity contribution in [2.24, 2.45) is 5.73 Å². The van der Waals surface area contributed by atoms with Crippen molar-refractivity contribution in [1.29, 1.82) is 0 Å². The van der Waals surface area contributed by atoms with Crippen LogP contribution in [-0.2, 0) is 6.54 Å². The molecule has 102 valence electrons. The maximum Gasteiger partial charge on any atom is 0.138 e. The van der Waals surface area contributed by atoms with Crippen molar-refractivity contribution in [2.75, 3.05) is 19.0 Å². The van der Waals surface area contributed by atoms with E-state index in [1.165, 1.54) is 5.69 Å². The van der Waals surface area contributed by atoms with Gasteiger partial charge in [-0.05, 0) is 42.0 Å². The Bertz CT molecular complexity index is 726. The summed E-state index contributed by atoms with van der Waals surface area (Å²) in [5.41, 5.74) is 11.0. The van der Waals surface area contributed by atoms with Gasteiger partial charge in [0.15, 0.2) is 0 Å². The van der Waals surface area contributed by atoms with Crippen LogP contribution in [0.5, 0.6) is 0 Å². The smallest absolute Gasteiger partial charge is 0.138 e. The summed E-state index contributed by atoms with van der Waals surface area (Å²) >= 11 is 0. The Morgan fingerprint density at radius 3 is 2.50 bits per heavy atom. The number of fused-ring (bicyclic) bond motifs is 1. The standard InChI is InChI=1S/C16H18N4/c1-20(2)13-6-4-12(5-7-13)16-18-14-8-3-11(10-17)9-15(14)19-16/h3-9H,10,17H2,1-2H3,(H,18,19). The number of nitrogens with two attached hydrogens (primary N) is 1.